The first-order valence-corrected chi connectivity index (χ1v) is 9.98. The van der Waals surface area contributed by atoms with Crippen LogP contribution in [0, 0.1) is 0 Å². The molecule has 152 valence electrons. The number of benzene rings is 2. The van der Waals surface area contributed by atoms with Crippen LogP contribution in [0.2, 0.25) is 0 Å². The van der Waals surface area contributed by atoms with Crippen molar-refractivity contribution in [3.05, 3.63) is 71.8 Å². The summed E-state index contributed by atoms with van der Waals surface area (Å²) in [6.45, 7) is 0.960. The van der Waals surface area contributed by atoms with Gasteiger partial charge in [0.05, 0.1) is 6.61 Å². The van der Waals surface area contributed by atoms with Crippen LogP contribution in [0.3, 0.4) is 0 Å². The molecule has 1 aliphatic heterocycles. The molecule has 2 amide bonds. The number of carbonyl (C=O) groups is 3. The van der Waals surface area contributed by atoms with Crippen LogP contribution in [0.5, 0.6) is 0 Å². The van der Waals surface area contributed by atoms with Crippen molar-refractivity contribution in [2.45, 2.75) is 38.3 Å². The maximum Gasteiger partial charge on any atom is 0.328 e. The first kappa shape index (κ1) is 20.6. The number of hydrogen-bond donors (Lipinski definition) is 1. The van der Waals surface area contributed by atoms with Gasteiger partial charge in [-0.3, -0.25) is 9.59 Å². The van der Waals surface area contributed by atoms with Gasteiger partial charge in [0.2, 0.25) is 0 Å². The maximum absolute atomic E-state index is 12.5. The molecule has 6 heteroatoms. The van der Waals surface area contributed by atoms with Crippen LogP contribution in [0.15, 0.2) is 60.7 Å². The Balaban J connectivity index is 1.44. The molecule has 0 aliphatic carbocycles. The van der Waals surface area contributed by atoms with Crippen LogP contribution in [0.25, 0.3) is 0 Å². The normalized spacial score (nSPS) is 15.7. The number of ether oxygens (including phenoxy) is 1. The van der Waals surface area contributed by atoms with E-state index in [1.165, 1.54) is 10.5 Å². The molecular weight excluding hydrogens is 368 g/mol. The summed E-state index contributed by atoms with van der Waals surface area (Å²) >= 11 is 0. The van der Waals surface area contributed by atoms with Crippen LogP contribution in [0.1, 0.15) is 30.4 Å². The largest absolute Gasteiger partial charge is 0.464 e. The molecule has 0 bridgehead atoms. The average molecular weight is 394 g/mol. The average Bonchev–Trinajstić information content (AvgIpc) is 3.26. The number of likely N-dealkylation sites (tertiary alicyclic amines) is 1. The Labute approximate surface area is 170 Å². The highest BCUT2D eigenvalue weighted by atomic mass is 16.5. The fourth-order valence-corrected chi connectivity index (χ4v) is 3.43. The van der Waals surface area contributed by atoms with Crippen molar-refractivity contribution in [2.75, 3.05) is 13.2 Å². The Hall–Kier alpha value is -3.15. The lowest BCUT2D eigenvalue weighted by Gasteiger charge is -2.22. The first-order valence-electron chi connectivity index (χ1n) is 9.98. The second kappa shape index (κ2) is 10.4. The molecule has 1 fully saturated rings. The summed E-state index contributed by atoms with van der Waals surface area (Å²) in [5.41, 5.74) is 2.10. The molecule has 6 nitrogen and oxygen atoms in total. The van der Waals surface area contributed by atoms with E-state index in [0.29, 0.717) is 32.4 Å². The lowest BCUT2D eigenvalue weighted by Crippen LogP contribution is -2.48. The first-order chi connectivity index (χ1) is 14.1. The number of aryl methyl sites for hydroxylation is 1. The van der Waals surface area contributed by atoms with Crippen LogP contribution >= 0.6 is 0 Å². The number of carbonyl (C=O) groups excluding carboxylic acids is 3. The number of amides is 2. The Morgan fingerprint density at radius 1 is 0.966 bits per heavy atom. The highest BCUT2D eigenvalue weighted by molar-refractivity contribution is 6.35. The van der Waals surface area contributed by atoms with E-state index in [1.807, 2.05) is 60.7 Å². The van der Waals surface area contributed by atoms with E-state index in [9.17, 15) is 14.4 Å². The van der Waals surface area contributed by atoms with Crippen molar-refractivity contribution in [3.63, 3.8) is 0 Å². The quantitative estimate of drug-likeness (QED) is 0.445. The monoisotopic (exact) mass is 394 g/mol. The van der Waals surface area contributed by atoms with Gasteiger partial charge in [-0.15, -0.1) is 0 Å². The Morgan fingerprint density at radius 3 is 2.31 bits per heavy atom. The van der Waals surface area contributed by atoms with Gasteiger partial charge in [-0.1, -0.05) is 60.7 Å². The van der Waals surface area contributed by atoms with E-state index in [-0.39, 0.29) is 6.54 Å². The second-order valence-electron chi connectivity index (χ2n) is 7.08. The molecule has 0 saturated carbocycles. The minimum atomic E-state index is -0.697. The highest BCUT2D eigenvalue weighted by Crippen LogP contribution is 2.19. The van der Waals surface area contributed by atoms with Crippen molar-refractivity contribution >= 4 is 17.8 Å². The lowest BCUT2D eigenvalue weighted by molar-refractivity contribution is -0.156. The molecule has 2 aromatic rings. The molecule has 3 rings (SSSR count). The van der Waals surface area contributed by atoms with Gasteiger partial charge in [0.15, 0.2) is 0 Å². The Bertz CT molecular complexity index is 823. The third-order valence-electron chi connectivity index (χ3n) is 4.97. The minimum Gasteiger partial charge on any atom is -0.464 e. The molecular formula is C23H26N2O4. The zero-order chi connectivity index (χ0) is 20.5. The van der Waals surface area contributed by atoms with E-state index in [0.717, 1.165) is 12.0 Å². The van der Waals surface area contributed by atoms with Gasteiger partial charge in [-0.2, -0.15) is 0 Å². The van der Waals surface area contributed by atoms with Crippen LogP contribution in [0.4, 0.5) is 0 Å². The fraction of sp³-hybridized carbons (Fsp3) is 0.348. The van der Waals surface area contributed by atoms with Gasteiger partial charge in [0.1, 0.15) is 6.04 Å². The number of nitrogens with zero attached hydrogens (tertiary/aromatic N) is 1. The summed E-state index contributed by atoms with van der Waals surface area (Å²) in [5.74, 6) is -1.80. The van der Waals surface area contributed by atoms with Crippen molar-refractivity contribution in [1.29, 1.82) is 0 Å². The van der Waals surface area contributed by atoms with Crippen molar-refractivity contribution in [2.24, 2.45) is 0 Å². The second-order valence-corrected chi connectivity index (χ2v) is 7.08. The molecule has 1 saturated heterocycles. The number of esters is 1. The van der Waals surface area contributed by atoms with Crippen LogP contribution in [-0.2, 0) is 32.1 Å². The number of hydrogen-bond acceptors (Lipinski definition) is 4. The van der Waals surface area contributed by atoms with Crippen LogP contribution in [-0.4, -0.2) is 41.9 Å². The predicted molar refractivity (Wildman–Crippen MR) is 109 cm³/mol. The molecule has 0 aromatic heterocycles. The van der Waals surface area contributed by atoms with E-state index < -0.39 is 23.8 Å². The maximum atomic E-state index is 12.5. The van der Waals surface area contributed by atoms with Crippen molar-refractivity contribution < 1.29 is 19.1 Å². The number of rotatable bonds is 7. The van der Waals surface area contributed by atoms with Gasteiger partial charge in [-0.05, 0) is 36.8 Å². The molecule has 0 radical (unpaired) electrons. The minimum absolute atomic E-state index is 0.272. The van der Waals surface area contributed by atoms with Gasteiger partial charge < -0.3 is 15.0 Å². The van der Waals surface area contributed by atoms with Crippen molar-refractivity contribution in [1.82, 2.24) is 10.2 Å². The van der Waals surface area contributed by atoms with E-state index >= 15 is 0 Å². The zero-order valence-electron chi connectivity index (χ0n) is 16.4. The molecule has 1 heterocycles. The van der Waals surface area contributed by atoms with E-state index in [2.05, 4.69) is 5.32 Å². The van der Waals surface area contributed by atoms with Gasteiger partial charge in [-0.25, -0.2) is 4.79 Å². The van der Waals surface area contributed by atoms with E-state index in [4.69, 9.17) is 4.74 Å². The zero-order valence-corrected chi connectivity index (χ0v) is 16.4. The summed E-state index contributed by atoms with van der Waals surface area (Å²) < 4.78 is 5.37. The smallest absolute Gasteiger partial charge is 0.328 e. The molecule has 0 spiro atoms. The van der Waals surface area contributed by atoms with Crippen molar-refractivity contribution in [3.8, 4) is 0 Å². The van der Waals surface area contributed by atoms with Gasteiger partial charge >= 0.3 is 17.8 Å². The Morgan fingerprint density at radius 2 is 1.62 bits per heavy atom. The van der Waals surface area contributed by atoms with Gasteiger partial charge in [0, 0.05) is 13.1 Å². The summed E-state index contributed by atoms with van der Waals surface area (Å²) in [6, 6.07) is 18.7. The summed E-state index contributed by atoms with van der Waals surface area (Å²) in [5, 5.41) is 2.62. The molecule has 29 heavy (non-hydrogen) atoms. The molecule has 1 aliphatic rings. The summed E-state index contributed by atoms with van der Waals surface area (Å²) in [7, 11) is 0. The lowest BCUT2D eigenvalue weighted by atomic mass is 10.1. The topological polar surface area (TPSA) is 75.7 Å². The van der Waals surface area contributed by atoms with E-state index in [1.54, 1.807) is 0 Å². The summed E-state index contributed by atoms with van der Waals surface area (Å²) in [4.78, 5) is 38.5. The third-order valence-corrected chi connectivity index (χ3v) is 4.97. The molecule has 1 atom stereocenters. The fourth-order valence-electron chi connectivity index (χ4n) is 3.43. The standard InChI is InChI=1S/C23H26N2O4/c26-21(24-17-19-11-5-2-6-12-19)22(27)25-15-7-14-20(25)23(28)29-16-8-13-18-9-3-1-4-10-18/h1-6,9-12,20H,7-8,13-17H2,(H,24,26)/t20-/m0/s1. The summed E-state index contributed by atoms with van der Waals surface area (Å²) in [6.07, 6.45) is 2.74. The Kier molecular flexibility index (Phi) is 7.39. The highest BCUT2D eigenvalue weighted by Gasteiger charge is 2.37. The third kappa shape index (κ3) is 5.91. The predicted octanol–water partition coefficient (Wildman–Crippen LogP) is 2.47. The molecule has 0 unspecified atom stereocenters. The van der Waals surface area contributed by atoms with Crippen LogP contribution < -0.4 is 5.32 Å². The molecule has 2 aromatic carbocycles. The SMILES string of the molecule is O=C(NCc1ccccc1)C(=O)N1CCC[C@H]1C(=O)OCCCc1ccccc1. The van der Waals surface area contributed by atoms with Gasteiger partial charge in [0.25, 0.3) is 0 Å². The number of nitrogens with one attached hydrogen (secondary N) is 1. The molecule has 1 N–H and O–H groups in total.